The molecule has 0 saturated carbocycles. The van der Waals surface area contributed by atoms with E-state index in [2.05, 4.69) is 0 Å². The Morgan fingerprint density at radius 2 is 1.67 bits per heavy atom. The number of thioether (sulfide) groups is 1. The lowest BCUT2D eigenvalue weighted by Gasteiger charge is -2.41. The molecule has 2 amide bonds. The van der Waals surface area contributed by atoms with E-state index in [1.165, 1.54) is 30.5 Å². The zero-order chi connectivity index (χ0) is 22.4. The Hall–Kier alpha value is -1.86. The van der Waals surface area contributed by atoms with Gasteiger partial charge in [0.05, 0.1) is 11.2 Å². The monoisotopic (exact) mass is 461 g/mol. The summed E-state index contributed by atoms with van der Waals surface area (Å²) < 4.78 is 33.0. The highest BCUT2D eigenvalue weighted by Crippen LogP contribution is 2.50. The summed E-state index contributed by atoms with van der Waals surface area (Å²) in [7, 11) is -3.74. The number of amides is 2. The average molecular weight is 462 g/mol. The third-order valence-electron chi connectivity index (χ3n) is 6.31. The van der Waals surface area contributed by atoms with E-state index in [4.69, 9.17) is 15.2 Å². The summed E-state index contributed by atoms with van der Waals surface area (Å²) in [5, 5.41) is -1.35. The van der Waals surface area contributed by atoms with E-state index in [-0.39, 0.29) is 17.7 Å². The molecular weight excluding hydrogens is 438 g/mol. The van der Waals surface area contributed by atoms with Crippen molar-refractivity contribution in [3.63, 3.8) is 0 Å². The molecule has 0 spiro atoms. The Bertz CT molecular complexity index is 962. The number of carbonyl (C=O) groups excluding carboxylic acids is 4. The Morgan fingerprint density at radius 3 is 2.23 bits per heavy atom. The van der Waals surface area contributed by atoms with E-state index >= 15 is 0 Å². The second-order valence-electron chi connectivity index (χ2n) is 8.84. The topological polar surface area (TPSA) is 153 Å². The fourth-order valence-corrected chi connectivity index (χ4v) is 8.22. The van der Waals surface area contributed by atoms with Gasteiger partial charge in [0.1, 0.15) is 28.9 Å². The van der Waals surface area contributed by atoms with E-state index in [0.29, 0.717) is 0 Å². The molecule has 5 atom stereocenters. The average Bonchev–Trinajstić information content (AvgIpc) is 2.97. The summed E-state index contributed by atoms with van der Waals surface area (Å²) in [6.45, 7) is 5.55. The molecule has 30 heavy (non-hydrogen) atoms. The molecule has 0 aliphatic carbocycles. The molecule has 0 bridgehead atoms. The number of sulfone groups is 1. The first kappa shape index (κ1) is 21.4. The zero-order valence-electron chi connectivity index (χ0n) is 16.9. The lowest BCUT2D eigenvalue weighted by Crippen LogP contribution is -2.68. The molecule has 4 aliphatic heterocycles. The van der Waals surface area contributed by atoms with Gasteiger partial charge in [-0.15, -0.1) is 11.8 Å². The first-order valence-corrected chi connectivity index (χ1v) is 11.8. The summed E-state index contributed by atoms with van der Waals surface area (Å²) in [4.78, 5) is 51.5. The Morgan fingerprint density at radius 1 is 1.10 bits per heavy atom. The number of hydrogen-bond acceptors (Lipinski definition) is 10. The molecule has 11 nitrogen and oxygen atoms in total. The lowest BCUT2D eigenvalue weighted by molar-refractivity contribution is -0.181. The quantitative estimate of drug-likeness (QED) is 0.299. The number of carbonyl (C=O) groups is 4. The summed E-state index contributed by atoms with van der Waals surface area (Å²) >= 11 is 1.39. The van der Waals surface area contributed by atoms with Crippen LogP contribution in [0.15, 0.2) is 0 Å². The highest BCUT2D eigenvalue weighted by Gasteiger charge is 2.68. The molecule has 13 heteroatoms. The molecule has 4 saturated heterocycles. The van der Waals surface area contributed by atoms with E-state index < -0.39 is 67.5 Å². The van der Waals surface area contributed by atoms with Crippen LogP contribution in [0.2, 0.25) is 0 Å². The van der Waals surface area contributed by atoms with E-state index in [0.717, 1.165) is 4.90 Å². The number of nitrogens with two attached hydrogens (primary N) is 1. The highest BCUT2D eigenvalue weighted by molar-refractivity contribution is 8.01. The minimum Gasteiger partial charge on any atom is -0.426 e. The van der Waals surface area contributed by atoms with Crippen LogP contribution >= 0.6 is 11.8 Å². The third kappa shape index (κ3) is 2.57. The summed E-state index contributed by atoms with van der Waals surface area (Å²) in [5.74, 6) is -2.51. The van der Waals surface area contributed by atoms with Crippen molar-refractivity contribution >= 4 is 45.4 Å². The maximum atomic E-state index is 12.6. The molecule has 166 valence electrons. The molecule has 4 fully saturated rings. The maximum absolute atomic E-state index is 12.6. The van der Waals surface area contributed by atoms with Gasteiger partial charge in [-0.05, 0) is 27.7 Å². The second-order valence-corrected chi connectivity index (χ2v) is 13.3. The molecule has 0 aromatic heterocycles. The molecule has 0 aromatic carbocycles. The van der Waals surface area contributed by atoms with Crippen molar-refractivity contribution in [3.05, 3.63) is 0 Å². The van der Waals surface area contributed by atoms with Crippen LogP contribution in [0, 0.1) is 0 Å². The summed E-state index contributed by atoms with van der Waals surface area (Å²) in [5.41, 5.74) is 5.77. The van der Waals surface area contributed by atoms with Gasteiger partial charge in [-0.3, -0.25) is 9.59 Å². The Labute approximate surface area is 177 Å². The van der Waals surface area contributed by atoms with Crippen LogP contribution in [0.5, 0.6) is 0 Å². The van der Waals surface area contributed by atoms with Gasteiger partial charge in [0.25, 0.3) is 0 Å². The van der Waals surface area contributed by atoms with Crippen molar-refractivity contribution < 1.29 is 37.1 Å². The smallest absolute Gasteiger partial charge is 0.333 e. The van der Waals surface area contributed by atoms with E-state index in [1.807, 2.05) is 0 Å². The molecule has 4 aliphatic rings. The van der Waals surface area contributed by atoms with E-state index in [1.54, 1.807) is 13.8 Å². The maximum Gasteiger partial charge on any atom is 0.333 e. The number of nitrogens with zero attached hydrogens (tertiary/aromatic N) is 2. The number of ether oxygens (including phenoxy) is 2. The molecule has 2 N–H and O–H groups in total. The summed E-state index contributed by atoms with van der Waals surface area (Å²) in [6, 6.07) is -2.87. The first-order chi connectivity index (χ1) is 13.7. The van der Waals surface area contributed by atoms with Gasteiger partial charge in [-0.25, -0.2) is 18.0 Å². The Kier molecular flexibility index (Phi) is 4.51. The molecular formula is C17H23N3O8S2. The fourth-order valence-electron chi connectivity index (χ4n) is 4.54. The van der Waals surface area contributed by atoms with Crippen molar-refractivity contribution in [1.82, 2.24) is 9.80 Å². The van der Waals surface area contributed by atoms with Crippen LogP contribution in [0.1, 0.15) is 34.1 Å². The van der Waals surface area contributed by atoms with Crippen molar-refractivity contribution in [3.8, 4) is 0 Å². The van der Waals surface area contributed by atoms with Gasteiger partial charge >= 0.3 is 11.9 Å². The van der Waals surface area contributed by atoms with Crippen LogP contribution < -0.4 is 5.73 Å². The number of fused-ring (bicyclic) bond motifs is 2. The predicted octanol–water partition coefficient (Wildman–Crippen LogP) is -1.45. The minimum absolute atomic E-state index is 0.161. The number of β-lactam (4-membered cyclic amide) rings is 2. The predicted molar refractivity (Wildman–Crippen MR) is 103 cm³/mol. The Balaban J connectivity index is 1.40. The highest BCUT2D eigenvalue weighted by atomic mass is 32.2. The van der Waals surface area contributed by atoms with Gasteiger partial charge in [0.15, 0.2) is 9.84 Å². The van der Waals surface area contributed by atoms with Crippen LogP contribution in [-0.4, -0.2) is 87.1 Å². The standard InChI is InChI=1S/C17H23N3O8S2/c1-16(2)10(20-12(22)9(18)13(20)29-16)14(23)27-6-28-15(24)11-17(3,4)30(25,26)8-5-7(21)19(8)11/h8-11,13H,5-6,18H2,1-4H3/t8-,9?,10+,11+,13-/m1/s1. The fraction of sp³-hybridized carbons (Fsp3) is 0.765. The van der Waals surface area contributed by atoms with Gasteiger partial charge < -0.3 is 25.0 Å². The first-order valence-electron chi connectivity index (χ1n) is 9.37. The van der Waals surface area contributed by atoms with Gasteiger partial charge in [-0.2, -0.15) is 0 Å². The second kappa shape index (κ2) is 6.33. The third-order valence-corrected chi connectivity index (χ3v) is 10.7. The van der Waals surface area contributed by atoms with Crippen molar-refractivity contribution in [2.45, 2.75) is 72.5 Å². The normalized spacial score (nSPS) is 37.0. The van der Waals surface area contributed by atoms with Gasteiger partial charge in [-0.1, -0.05) is 0 Å². The largest absolute Gasteiger partial charge is 0.426 e. The van der Waals surface area contributed by atoms with Crippen molar-refractivity contribution in [2.24, 2.45) is 5.73 Å². The molecule has 1 unspecified atom stereocenters. The number of esters is 2. The number of hydrogen-bond donors (Lipinski definition) is 1. The van der Waals surface area contributed by atoms with Crippen molar-refractivity contribution in [2.75, 3.05) is 6.79 Å². The van der Waals surface area contributed by atoms with Crippen LogP contribution in [0.25, 0.3) is 0 Å². The van der Waals surface area contributed by atoms with Gasteiger partial charge in [0, 0.05) is 4.75 Å². The van der Waals surface area contributed by atoms with Crippen LogP contribution in [0.3, 0.4) is 0 Å². The molecule has 4 rings (SSSR count). The molecule has 4 heterocycles. The minimum atomic E-state index is -3.74. The van der Waals surface area contributed by atoms with Gasteiger partial charge in [0.2, 0.25) is 18.6 Å². The van der Waals surface area contributed by atoms with E-state index in [9.17, 15) is 27.6 Å². The summed E-state index contributed by atoms with van der Waals surface area (Å²) in [6.07, 6.45) is -0.161. The SMILES string of the molecule is CC1(C)S[C@@H]2C(N)C(=O)N2[C@H]1C(=O)OCOC(=O)[C@@H]1N2C(=O)C[C@H]2S(=O)(=O)C1(C)C. The lowest BCUT2D eigenvalue weighted by atomic mass is 9.96. The number of rotatable bonds is 4. The molecule has 0 aromatic rings. The van der Waals surface area contributed by atoms with Crippen molar-refractivity contribution in [1.29, 1.82) is 0 Å². The zero-order valence-corrected chi connectivity index (χ0v) is 18.5. The van der Waals surface area contributed by atoms with Crippen LogP contribution in [-0.2, 0) is 38.5 Å². The molecule has 0 radical (unpaired) electrons. The van der Waals surface area contributed by atoms with Crippen LogP contribution in [0.4, 0.5) is 0 Å².